The van der Waals surface area contributed by atoms with E-state index in [1.165, 1.54) is 0 Å². The summed E-state index contributed by atoms with van der Waals surface area (Å²) in [5.74, 6) is -0.451. The molecule has 0 spiro atoms. The van der Waals surface area contributed by atoms with Crippen LogP contribution in [-0.2, 0) is 16.6 Å². The van der Waals surface area contributed by atoms with Crippen molar-refractivity contribution in [3.8, 4) is 0 Å². The van der Waals surface area contributed by atoms with Crippen LogP contribution in [-0.4, -0.2) is 46.1 Å². The first-order chi connectivity index (χ1) is 12.5. The maximum absolute atomic E-state index is 12.1. The Kier molecular flexibility index (Phi) is 6.91. The number of halogens is 1. The summed E-state index contributed by atoms with van der Waals surface area (Å²) in [6.45, 7) is 6.65. The number of likely N-dealkylation sites (tertiary alicyclic amines) is 1. The number of nitrogens with one attached hydrogen (secondary N) is 2. The van der Waals surface area contributed by atoms with E-state index >= 15 is 0 Å². The van der Waals surface area contributed by atoms with Gasteiger partial charge < -0.3 is 14.2 Å². The lowest BCUT2D eigenvalue weighted by Gasteiger charge is -2.33. The summed E-state index contributed by atoms with van der Waals surface area (Å²) >= 11 is 3.30. The molecule has 8 nitrogen and oxygen atoms in total. The first-order valence-electron chi connectivity index (χ1n) is 8.94. The largest absolute Gasteiger partial charge is 0.444 e. The molecule has 0 unspecified atom stereocenters. The average molecular weight is 443 g/mol. The molecule has 1 aromatic heterocycles. The smallest absolute Gasteiger partial charge is 0.410 e. The molecule has 3 amide bonds. The summed E-state index contributed by atoms with van der Waals surface area (Å²) in [7, 11) is 1.75. The molecule has 0 aromatic carbocycles. The Labute approximate surface area is 167 Å². The number of aryl methyl sites for hydroxylation is 1. The van der Waals surface area contributed by atoms with Crippen molar-refractivity contribution < 1.29 is 19.1 Å². The summed E-state index contributed by atoms with van der Waals surface area (Å²) in [5.41, 5.74) is 4.81. The molecule has 1 aliphatic rings. The molecule has 0 radical (unpaired) electrons. The molecule has 1 aliphatic heterocycles. The molecule has 2 rings (SSSR count). The highest BCUT2D eigenvalue weighted by Gasteiger charge is 2.27. The fourth-order valence-electron chi connectivity index (χ4n) is 2.90. The maximum atomic E-state index is 12.1. The van der Waals surface area contributed by atoms with Crippen LogP contribution in [0.3, 0.4) is 0 Å². The van der Waals surface area contributed by atoms with Gasteiger partial charge in [0.15, 0.2) is 0 Å². The van der Waals surface area contributed by atoms with Crippen LogP contribution >= 0.6 is 15.9 Å². The Hall–Kier alpha value is -2.03. The topological polar surface area (TPSA) is 92.7 Å². The van der Waals surface area contributed by atoms with E-state index in [4.69, 9.17) is 4.74 Å². The van der Waals surface area contributed by atoms with Crippen molar-refractivity contribution >= 4 is 33.8 Å². The van der Waals surface area contributed by atoms with Gasteiger partial charge in [0, 0.05) is 37.2 Å². The minimum atomic E-state index is -0.514. The van der Waals surface area contributed by atoms with Gasteiger partial charge in [-0.25, -0.2) is 4.79 Å². The zero-order valence-electron chi connectivity index (χ0n) is 16.2. The predicted molar refractivity (Wildman–Crippen MR) is 104 cm³/mol. The number of hydrogen-bond donors (Lipinski definition) is 2. The monoisotopic (exact) mass is 442 g/mol. The van der Waals surface area contributed by atoms with Gasteiger partial charge in [0.05, 0.1) is 0 Å². The number of rotatable bonds is 3. The maximum Gasteiger partial charge on any atom is 0.410 e. The third-order valence-electron chi connectivity index (χ3n) is 4.26. The summed E-state index contributed by atoms with van der Waals surface area (Å²) in [5, 5.41) is 0. The second-order valence-corrected chi connectivity index (χ2v) is 8.69. The van der Waals surface area contributed by atoms with Gasteiger partial charge in [-0.1, -0.05) is 0 Å². The molecule has 1 saturated heterocycles. The summed E-state index contributed by atoms with van der Waals surface area (Å²) in [4.78, 5) is 37.9. The molecule has 27 heavy (non-hydrogen) atoms. The van der Waals surface area contributed by atoms with Gasteiger partial charge in [0.2, 0.25) is 5.91 Å². The molecule has 150 valence electrons. The van der Waals surface area contributed by atoms with E-state index in [-0.39, 0.29) is 23.8 Å². The summed E-state index contributed by atoms with van der Waals surface area (Å²) in [6.07, 6.45) is 3.21. The van der Waals surface area contributed by atoms with Gasteiger partial charge in [-0.2, -0.15) is 0 Å². The number of ether oxygens (including phenoxy) is 1. The Morgan fingerprint density at radius 1 is 1.22 bits per heavy atom. The quantitative estimate of drug-likeness (QED) is 0.703. The summed E-state index contributed by atoms with van der Waals surface area (Å²) in [6, 6.07) is 1.67. The second kappa shape index (κ2) is 8.77. The lowest BCUT2D eigenvalue weighted by Crippen LogP contribution is -2.45. The van der Waals surface area contributed by atoms with E-state index in [2.05, 4.69) is 26.8 Å². The van der Waals surface area contributed by atoms with E-state index in [1.807, 2.05) is 20.8 Å². The molecule has 0 saturated carbocycles. The molecule has 0 atom stereocenters. The number of carbonyl (C=O) groups excluding carboxylic acids is 3. The van der Waals surface area contributed by atoms with E-state index < -0.39 is 5.60 Å². The number of hydrogen-bond acceptors (Lipinski definition) is 4. The minimum Gasteiger partial charge on any atom is -0.444 e. The van der Waals surface area contributed by atoms with Crippen molar-refractivity contribution in [2.45, 2.75) is 45.6 Å². The molecule has 1 aromatic rings. The van der Waals surface area contributed by atoms with Crippen LogP contribution < -0.4 is 10.9 Å². The highest BCUT2D eigenvalue weighted by molar-refractivity contribution is 9.10. The van der Waals surface area contributed by atoms with Crippen LogP contribution in [0.15, 0.2) is 16.7 Å². The average Bonchev–Trinajstić information content (AvgIpc) is 2.90. The molecule has 2 heterocycles. The first-order valence-corrected chi connectivity index (χ1v) is 9.73. The Morgan fingerprint density at radius 2 is 1.85 bits per heavy atom. The van der Waals surface area contributed by atoms with Crippen molar-refractivity contribution in [2.24, 2.45) is 13.0 Å². The Balaban J connectivity index is 1.72. The van der Waals surface area contributed by atoms with Crippen molar-refractivity contribution in [1.82, 2.24) is 20.3 Å². The molecule has 9 heteroatoms. The minimum absolute atomic E-state index is 0.171. The number of hydrazine groups is 1. The first kappa shape index (κ1) is 21.3. The van der Waals surface area contributed by atoms with Gasteiger partial charge in [-0.05, 0) is 61.5 Å². The van der Waals surface area contributed by atoms with Crippen molar-refractivity contribution in [3.05, 3.63) is 22.4 Å². The number of carbonyl (C=O) groups is 3. The SMILES string of the molecule is Cn1cc(Br)cc1C(=O)NNC(=O)CC1CCN(C(=O)OC(C)(C)C)CC1. The van der Waals surface area contributed by atoms with Crippen LogP contribution in [0.4, 0.5) is 4.79 Å². The van der Waals surface area contributed by atoms with Crippen molar-refractivity contribution in [1.29, 1.82) is 0 Å². The van der Waals surface area contributed by atoms with E-state index in [0.29, 0.717) is 25.2 Å². The number of aromatic nitrogens is 1. The third-order valence-corrected chi connectivity index (χ3v) is 4.69. The molecular weight excluding hydrogens is 416 g/mol. The van der Waals surface area contributed by atoms with E-state index in [9.17, 15) is 14.4 Å². The van der Waals surface area contributed by atoms with Gasteiger partial charge in [0.25, 0.3) is 5.91 Å². The normalized spacial score (nSPS) is 15.4. The molecule has 2 N–H and O–H groups in total. The van der Waals surface area contributed by atoms with Crippen molar-refractivity contribution in [2.75, 3.05) is 13.1 Å². The van der Waals surface area contributed by atoms with Crippen LogP contribution in [0.25, 0.3) is 0 Å². The number of piperidine rings is 1. The van der Waals surface area contributed by atoms with E-state index in [0.717, 1.165) is 17.3 Å². The van der Waals surface area contributed by atoms with Gasteiger partial charge in [0.1, 0.15) is 11.3 Å². The highest BCUT2D eigenvalue weighted by atomic mass is 79.9. The Bertz CT molecular complexity index is 703. The molecule has 0 bridgehead atoms. The zero-order chi connectivity index (χ0) is 20.2. The Morgan fingerprint density at radius 3 is 2.37 bits per heavy atom. The molecule has 1 fully saturated rings. The fraction of sp³-hybridized carbons (Fsp3) is 0.611. The fourth-order valence-corrected chi connectivity index (χ4v) is 3.42. The van der Waals surface area contributed by atoms with Gasteiger partial charge in [-0.3, -0.25) is 20.4 Å². The third kappa shape index (κ3) is 6.57. The molecule has 0 aliphatic carbocycles. The predicted octanol–water partition coefficient (Wildman–Crippen LogP) is 2.59. The van der Waals surface area contributed by atoms with Gasteiger partial charge in [-0.15, -0.1) is 0 Å². The van der Waals surface area contributed by atoms with Gasteiger partial charge >= 0.3 is 6.09 Å². The van der Waals surface area contributed by atoms with Crippen LogP contribution in [0.1, 0.15) is 50.5 Å². The van der Waals surface area contributed by atoms with E-state index in [1.54, 1.807) is 28.8 Å². The lowest BCUT2D eigenvalue weighted by atomic mass is 9.93. The van der Waals surface area contributed by atoms with Crippen molar-refractivity contribution in [3.63, 3.8) is 0 Å². The second-order valence-electron chi connectivity index (χ2n) is 7.77. The molecular formula is C18H27BrN4O4. The summed E-state index contributed by atoms with van der Waals surface area (Å²) < 4.78 is 7.82. The van der Waals surface area contributed by atoms with Crippen LogP contribution in [0.5, 0.6) is 0 Å². The van der Waals surface area contributed by atoms with Crippen LogP contribution in [0, 0.1) is 5.92 Å². The number of amides is 3. The number of nitrogens with zero attached hydrogens (tertiary/aromatic N) is 2. The highest BCUT2D eigenvalue weighted by Crippen LogP contribution is 2.22. The van der Waals surface area contributed by atoms with Crippen LogP contribution in [0.2, 0.25) is 0 Å². The zero-order valence-corrected chi connectivity index (χ0v) is 17.8. The standard InChI is InChI=1S/C18H27BrN4O4/c1-18(2,3)27-17(26)23-7-5-12(6-8-23)9-15(24)20-21-16(25)14-10-13(19)11-22(14)4/h10-12H,5-9H2,1-4H3,(H,20,24)(H,21,25). The lowest BCUT2D eigenvalue weighted by molar-refractivity contribution is -0.123.